The topological polar surface area (TPSA) is 50.5 Å². The third kappa shape index (κ3) is 3.66. The molecule has 1 aromatic rings. The molecule has 18 heavy (non-hydrogen) atoms. The minimum Gasteiger partial charge on any atom is -0.389 e. The Morgan fingerprint density at radius 1 is 1.50 bits per heavy atom. The first-order chi connectivity index (χ1) is 8.65. The fourth-order valence-electron chi connectivity index (χ4n) is 1.97. The number of nitrogens with one attached hydrogen (secondary N) is 1. The van der Waals surface area contributed by atoms with Gasteiger partial charge in [0.15, 0.2) is 0 Å². The second-order valence-electron chi connectivity index (χ2n) is 4.58. The molecule has 4 nitrogen and oxygen atoms in total. The van der Waals surface area contributed by atoms with Crippen molar-refractivity contribution in [3.8, 4) is 0 Å². The van der Waals surface area contributed by atoms with Crippen LogP contribution >= 0.6 is 12.2 Å². The minimum absolute atomic E-state index is 0.249. The third-order valence-corrected chi connectivity index (χ3v) is 3.28. The molecule has 1 heterocycles. The molecule has 1 aliphatic heterocycles. The van der Waals surface area contributed by atoms with Crippen LogP contribution < -0.4 is 11.1 Å². The molecule has 0 aromatic heterocycles. The normalized spacial score (nSPS) is 20.6. The highest BCUT2D eigenvalue weighted by molar-refractivity contribution is 7.80. The first-order valence-electron chi connectivity index (χ1n) is 6.09. The maximum Gasteiger partial charge on any atom is 0.103 e. The van der Waals surface area contributed by atoms with E-state index in [2.05, 4.69) is 17.3 Å². The lowest BCUT2D eigenvalue weighted by Gasteiger charge is -2.30. The molecule has 0 amide bonds. The lowest BCUT2D eigenvalue weighted by molar-refractivity contribution is -0.0117. The summed E-state index contributed by atoms with van der Waals surface area (Å²) < 4.78 is 5.69. The molecule has 1 aromatic carbocycles. The molecule has 5 heteroatoms. The Labute approximate surface area is 113 Å². The van der Waals surface area contributed by atoms with Crippen molar-refractivity contribution in [3.05, 3.63) is 29.8 Å². The summed E-state index contributed by atoms with van der Waals surface area (Å²) in [6, 6.07) is 7.83. The van der Waals surface area contributed by atoms with Gasteiger partial charge in [0, 0.05) is 30.9 Å². The summed E-state index contributed by atoms with van der Waals surface area (Å²) in [6.45, 7) is 3.61. The molecular formula is C13H19N3OS. The lowest BCUT2D eigenvalue weighted by atomic mass is 10.2. The van der Waals surface area contributed by atoms with Gasteiger partial charge in [0.25, 0.3) is 0 Å². The Morgan fingerprint density at radius 3 is 2.83 bits per heavy atom. The van der Waals surface area contributed by atoms with Gasteiger partial charge in [-0.25, -0.2) is 0 Å². The molecular weight excluding hydrogens is 246 g/mol. The van der Waals surface area contributed by atoms with E-state index in [9.17, 15) is 0 Å². The van der Waals surface area contributed by atoms with Crippen molar-refractivity contribution in [3.63, 3.8) is 0 Å². The largest absolute Gasteiger partial charge is 0.389 e. The van der Waals surface area contributed by atoms with Gasteiger partial charge in [-0.2, -0.15) is 0 Å². The maximum atomic E-state index is 5.69. The summed E-state index contributed by atoms with van der Waals surface area (Å²) in [7, 11) is 2.12. The van der Waals surface area contributed by atoms with E-state index in [1.165, 1.54) is 0 Å². The predicted octanol–water partition coefficient (Wildman–Crippen LogP) is 1.06. The molecule has 0 saturated carbocycles. The van der Waals surface area contributed by atoms with E-state index >= 15 is 0 Å². The second kappa shape index (κ2) is 6.13. The van der Waals surface area contributed by atoms with Gasteiger partial charge in [0.1, 0.15) is 4.99 Å². The van der Waals surface area contributed by atoms with Crippen LogP contribution in [0.4, 0.5) is 5.69 Å². The number of nitrogens with zero attached hydrogens (tertiary/aromatic N) is 1. The monoisotopic (exact) mass is 265 g/mol. The zero-order chi connectivity index (χ0) is 13.0. The Hall–Kier alpha value is -1.17. The van der Waals surface area contributed by atoms with Crippen molar-refractivity contribution >= 4 is 22.9 Å². The number of ether oxygens (including phenoxy) is 1. The van der Waals surface area contributed by atoms with Crippen LogP contribution in [0.1, 0.15) is 5.56 Å². The standard InChI is InChI=1S/C13H19N3OS/c1-16-6-7-17-12(9-16)8-15-11-4-2-10(3-5-11)13(14)18/h2-5,12,15H,6-9H2,1H3,(H2,14,18). The number of hydrogen-bond acceptors (Lipinski definition) is 4. The first-order valence-corrected chi connectivity index (χ1v) is 6.50. The maximum absolute atomic E-state index is 5.69. The number of hydrogen-bond donors (Lipinski definition) is 2. The molecule has 1 unspecified atom stereocenters. The van der Waals surface area contributed by atoms with Crippen molar-refractivity contribution in [2.24, 2.45) is 5.73 Å². The first kappa shape index (κ1) is 13.3. The number of nitrogens with two attached hydrogens (primary N) is 1. The van der Waals surface area contributed by atoms with E-state index in [1.54, 1.807) is 0 Å². The van der Waals surface area contributed by atoms with E-state index in [0.717, 1.165) is 37.5 Å². The summed E-state index contributed by atoms with van der Waals surface area (Å²) >= 11 is 4.92. The number of likely N-dealkylation sites (N-methyl/N-ethyl adjacent to an activating group) is 1. The van der Waals surface area contributed by atoms with Gasteiger partial charge < -0.3 is 20.7 Å². The molecule has 0 radical (unpaired) electrons. The average molecular weight is 265 g/mol. The van der Waals surface area contributed by atoms with Crippen LogP contribution in [0.3, 0.4) is 0 Å². The number of rotatable bonds is 4. The molecule has 1 saturated heterocycles. The Bertz CT molecular complexity index is 407. The van der Waals surface area contributed by atoms with Gasteiger partial charge in [0.05, 0.1) is 12.7 Å². The van der Waals surface area contributed by atoms with Crippen molar-refractivity contribution in [2.75, 3.05) is 38.6 Å². The van der Waals surface area contributed by atoms with E-state index in [-0.39, 0.29) is 6.10 Å². The van der Waals surface area contributed by atoms with Gasteiger partial charge in [-0.3, -0.25) is 0 Å². The third-order valence-electron chi connectivity index (χ3n) is 3.05. The molecule has 98 valence electrons. The molecule has 1 fully saturated rings. The summed E-state index contributed by atoms with van der Waals surface area (Å²) in [5.74, 6) is 0. The SMILES string of the molecule is CN1CCOC(CNc2ccc(C(N)=S)cc2)C1. The summed E-state index contributed by atoms with van der Waals surface area (Å²) in [6.07, 6.45) is 0.249. The molecule has 0 aliphatic carbocycles. The highest BCUT2D eigenvalue weighted by Gasteiger charge is 2.16. The summed E-state index contributed by atoms with van der Waals surface area (Å²) in [5, 5.41) is 3.37. The Kier molecular flexibility index (Phi) is 4.52. The second-order valence-corrected chi connectivity index (χ2v) is 5.02. The molecule has 0 bridgehead atoms. The van der Waals surface area contributed by atoms with Crippen molar-refractivity contribution in [1.82, 2.24) is 4.90 Å². The van der Waals surface area contributed by atoms with Crippen LogP contribution in [0.5, 0.6) is 0 Å². The number of benzene rings is 1. The van der Waals surface area contributed by atoms with Gasteiger partial charge in [0.2, 0.25) is 0 Å². The smallest absolute Gasteiger partial charge is 0.103 e. The summed E-state index contributed by atoms with van der Waals surface area (Å²) in [4.78, 5) is 2.71. The quantitative estimate of drug-likeness (QED) is 0.797. The number of thiocarbonyl (C=S) groups is 1. The molecule has 0 spiro atoms. The average Bonchev–Trinajstić information content (AvgIpc) is 2.37. The number of morpholine rings is 1. The Morgan fingerprint density at radius 2 is 2.22 bits per heavy atom. The molecule has 1 aliphatic rings. The Balaban J connectivity index is 1.84. The zero-order valence-electron chi connectivity index (χ0n) is 10.6. The minimum atomic E-state index is 0.249. The highest BCUT2D eigenvalue weighted by atomic mass is 32.1. The highest BCUT2D eigenvalue weighted by Crippen LogP contribution is 2.11. The van der Waals surface area contributed by atoms with Crippen LogP contribution in [0.2, 0.25) is 0 Å². The lowest BCUT2D eigenvalue weighted by Crippen LogP contribution is -2.43. The fourth-order valence-corrected chi connectivity index (χ4v) is 2.11. The van der Waals surface area contributed by atoms with Crippen LogP contribution in [0.15, 0.2) is 24.3 Å². The van der Waals surface area contributed by atoms with Gasteiger partial charge >= 0.3 is 0 Å². The summed E-state index contributed by atoms with van der Waals surface area (Å²) in [5.41, 5.74) is 7.51. The van der Waals surface area contributed by atoms with Crippen LogP contribution in [-0.4, -0.2) is 49.3 Å². The van der Waals surface area contributed by atoms with E-state index in [4.69, 9.17) is 22.7 Å². The van der Waals surface area contributed by atoms with E-state index in [0.29, 0.717) is 4.99 Å². The van der Waals surface area contributed by atoms with Crippen molar-refractivity contribution < 1.29 is 4.74 Å². The van der Waals surface area contributed by atoms with Crippen LogP contribution in [-0.2, 0) is 4.74 Å². The predicted molar refractivity (Wildman–Crippen MR) is 78.1 cm³/mol. The van der Waals surface area contributed by atoms with Crippen LogP contribution in [0, 0.1) is 0 Å². The van der Waals surface area contributed by atoms with Gasteiger partial charge in [-0.15, -0.1) is 0 Å². The number of anilines is 1. The van der Waals surface area contributed by atoms with Crippen molar-refractivity contribution in [1.29, 1.82) is 0 Å². The van der Waals surface area contributed by atoms with Crippen LogP contribution in [0.25, 0.3) is 0 Å². The molecule has 1 atom stereocenters. The zero-order valence-corrected chi connectivity index (χ0v) is 11.4. The van der Waals surface area contributed by atoms with Crippen molar-refractivity contribution in [2.45, 2.75) is 6.10 Å². The molecule has 2 rings (SSSR count). The van der Waals surface area contributed by atoms with E-state index < -0.39 is 0 Å². The molecule has 3 N–H and O–H groups in total. The van der Waals surface area contributed by atoms with E-state index in [1.807, 2.05) is 24.3 Å². The van der Waals surface area contributed by atoms with Gasteiger partial charge in [-0.1, -0.05) is 12.2 Å². The fraction of sp³-hybridized carbons (Fsp3) is 0.462. The van der Waals surface area contributed by atoms with Gasteiger partial charge in [-0.05, 0) is 31.3 Å².